The fraction of sp³-hybridized carbons (Fsp3) is 0.750. The van der Waals surface area contributed by atoms with Crippen molar-refractivity contribution in [2.75, 3.05) is 0 Å². The number of carboxylic acids is 1. The summed E-state index contributed by atoms with van der Waals surface area (Å²) in [6.45, 7) is 6.97. The van der Waals surface area contributed by atoms with Crippen LogP contribution in [-0.2, 0) is 9.59 Å². The Morgan fingerprint density at radius 3 is 2.00 bits per heavy atom. The van der Waals surface area contributed by atoms with Crippen molar-refractivity contribution < 1.29 is 19.5 Å². The molecule has 3 atom stereocenters. The fourth-order valence-corrected chi connectivity index (χ4v) is 2.51. The molecule has 6 heteroatoms. The highest BCUT2D eigenvalue weighted by molar-refractivity contribution is 7.96. The predicted molar refractivity (Wildman–Crippen MR) is 71.7 cm³/mol. The molecule has 0 saturated heterocycles. The maximum Gasteiger partial charge on any atom is 0.326 e. The Labute approximate surface area is 113 Å². The highest BCUT2D eigenvalue weighted by atomic mass is 32.1. The van der Waals surface area contributed by atoms with Crippen LogP contribution < -0.4 is 5.32 Å². The number of carbonyl (C=O) groups is 3. The first-order valence-electron chi connectivity index (χ1n) is 5.95. The number of amides is 1. The van der Waals surface area contributed by atoms with E-state index < -0.39 is 23.2 Å². The van der Waals surface area contributed by atoms with E-state index in [1.54, 1.807) is 0 Å². The van der Waals surface area contributed by atoms with Crippen molar-refractivity contribution in [1.29, 1.82) is 0 Å². The van der Waals surface area contributed by atoms with Crippen molar-refractivity contribution in [3.8, 4) is 0 Å². The Kier molecular flexibility index (Phi) is 6.98. The van der Waals surface area contributed by atoms with Crippen LogP contribution in [0.2, 0.25) is 0 Å². The summed E-state index contributed by atoms with van der Waals surface area (Å²) in [5.74, 6) is -2.07. The lowest BCUT2D eigenvalue weighted by atomic mass is 9.75. The Hall–Kier alpha value is -1.04. The van der Waals surface area contributed by atoms with E-state index in [-0.39, 0.29) is 17.6 Å². The molecule has 0 aromatic carbocycles. The second-order valence-electron chi connectivity index (χ2n) is 4.71. The van der Waals surface area contributed by atoms with E-state index in [4.69, 9.17) is 0 Å². The number of aliphatic carboxylic acids is 1. The minimum Gasteiger partial charge on any atom is -0.480 e. The van der Waals surface area contributed by atoms with Gasteiger partial charge >= 0.3 is 5.97 Å². The zero-order chi connectivity index (χ0) is 14.5. The van der Waals surface area contributed by atoms with Gasteiger partial charge in [-0.3, -0.25) is 9.59 Å². The summed E-state index contributed by atoms with van der Waals surface area (Å²) in [4.78, 5) is 33.8. The first-order chi connectivity index (χ1) is 8.22. The van der Waals surface area contributed by atoms with Gasteiger partial charge in [0.1, 0.15) is 11.8 Å². The van der Waals surface area contributed by atoms with Gasteiger partial charge in [-0.25, -0.2) is 4.79 Å². The molecule has 0 aliphatic carbocycles. The lowest BCUT2D eigenvalue weighted by Crippen LogP contribution is -2.49. The van der Waals surface area contributed by atoms with Gasteiger partial charge in [-0.15, -0.1) is 0 Å². The standard InChI is InChI=1S/C12H21NO4S/c1-5-8(7(4)14)9(6(2)3)10(11(15)16)13-12(17)18/h6,8-10H,5H2,1-4H3,(H,15,16)(H2,13,17,18). The van der Waals surface area contributed by atoms with Gasteiger partial charge in [0, 0.05) is 11.8 Å². The van der Waals surface area contributed by atoms with E-state index in [1.165, 1.54) is 6.92 Å². The lowest BCUT2D eigenvalue weighted by Gasteiger charge is -2.32. The van der Waals surface area contributed by atoms with Crippen molar-refractivity contribution in [2.24, 2.45) is 17.8 Å². The largest absolute Gasteiger partial charge is 0.480 e. The third kappa shape index (κ3) is 4.68. The molecule has 0 spiro atoms. The smallest absolute Gasteiger partial charge is 0.326 e. The van der Waals surface area contributed by atoms with Crippen molar-refractivity contribution in [3.05, 3.63) is 0 Å². The van der Waals surface area contributed by atoms with E-state index in [2.05, 4.69) is 17.9 Å². The van der Waals surface area contributed by atoms with Gasteiger partial charge in [0.05, 0.1) is 0 Å². The van der Waals surface area contributed by atoms with E-state index in [9.17, 15) is 19.5 Å². The third-order valence-electron chi connectivity index (χ3n) is 3.13. The Morgan fingerprint density at radius 1 is 1.28 bits per heavy atom. The van der Waals surface area contributed by atoms with Crippen LogP contribution in [0, 0.1) is 17.8 Å². The first kappa shape index (κ1) is 17.0. The van der Waals surface area contributed by atoms with Crippen LogP contribution in [-0.4, -0.2) is 28.1 Å². The van der Waals surface area contributed by atoms with Gasteiger partial charge < -0.3 is 10.4 Å². The Bertz CT molecular complexity index is 330. The predicted octanol–water partition coefficient (Wildman–Crippen LogP) is 1.97. The van der Waals surface area contributed by atoms with Crippen molar-refractivity contribution in [3.63, 3.8) is 0 Å². The number of ketones is 1. The van der Waals surface area contributed by atoms with Gasteiger partial charge in [-0.2, -0.15) is 0 Å². The number of Topliss-reactive ketones (excluding diaryl/α,β-unsaturated/α-hetero) is 1. The molecule has 0 rings (SSSR count). The number of nitrogens with one attached hydrogen (secondary N) is 1. The number of hydrogen-bond donors (Lipinski definition) is 3. The van der Waals surface area contributed by atoms with Gasteiger partial charge in [-0.1, -0.05) is 33.4 Å². The number of thiol groups is 1. The van der Waals surface area contributed by atoms with Crippen molar-refractivity contribution in [2.45, 2.75) is 40.2 Å². The highest BCUT2D eigenvalue weighted by Crippen LogP contribution is 2.28. The van der Waals surface area contributed by atoms with E-state index in [1.807, 2.05) is 20.8 Å². The molecule has 0 aromatic rings. The lowest BCUT2D eigenvalue weighted by molar-refractivity contribution is -0.142. The molecule has 18 heavy (non-hydrogen) atoms. The summed E-state index contributed by atoms with van der Waals surface area (Å²) in [6, 6.07) is -1.09. The van der Waals surface area contributed by atoms with Crippen LogP contribution in [0.1, 0.15) is 34.1 Å². The minimum absolute atomic E-state index is 0.0415. The quantitative estimate of drug-likeness (QED) is 0.620. The maximum atomic E-state index is 11.6. The molecular weight excluding hydrogens is 254 g/mol. The highest BCUT2D eigenvalue weighted by Gasteiger charge is 2.38. The molecule has 0 aromatic heterocycles. The van der Waals surface area contributed by atoms with Crippen LogP contribution in [0.3, 0.4) is 0 Å². The van der Waals surface area contributed by atoms with Crippen molar-refractivity contribution in [1.82, 2.24) is 5.32 Å². The molecule has 0 saturated carbocycles. The second kappa shape index (κ2) is 7.41. The van der Waals surface area contributed by atoms with Crippen LogP contribution >= 0.6 is 12.6 Å². The molecular formula is C12H21NO4S. The fourth-order valence-electron chi connectivity index (χ4n) is 2.37. The van der Waals surface area contributed by atoms with Crippen LogP contribution in [0.4, 0.5) is 4.79 Å². The topological polar surface area (TPSA) is 83.5 Å². The second-order valence-corrected chi connectivity index (χ2v) is 5.12. The molecule has 5 nitrogen and oxygen atoms in total. The minimum atomic E-state index is -1.14. The summed E-state index contributed by atoms with van der Waals surface area (Å²) >= 11 is 3.55. The SMILES string of the molecule is CCC(C(C)=O)C(C(C)C)C(NC(=O)S)C(=O)O. The van der Waals surface area contributed by atoms with Crippen LogP contribution in [0.5, 0.6) is 0 Å². The molecule has 0 radical (unpaired) electrons. The first-order valence-corrected chi connectivity index (χ1v) is 6.39. The van der Waals surface area contributed by atoms with E-state index in [0.717, 1.165) is 0 Å². The summed E-state index contributed by atoms with van der Waals surface area (Å²) in [7, 11) is 0. The molecule has 0 fully saturated rings. The summed E-state index contributed by atoms with van der Waals surface area (Å²) in [5, 5.41) is 10.8. The monoisotopic (exact) mass is 275 g/mol. The molecule has 0 heterocycles. The van der Waals surface area contributed by atoms with Gasteiger partial charge in [0.25, 0.3) is 5.24 Å². The summed E-state index contributed by atoms with van der Waals surface area (Å²) in [6.07, 6.45) is 0.546. The summed E-state index contributed by atoms with van der Waals surface area (Å²) < 4.78 is 0. The van der Waals surface area contributed by atoms with Crippen molar-refractivity contribution >= 4 is 29.6 Å². The number of rotatable bonds is 7. The normalized spacial score (nSPS) is 15.9. The van der Waals surface area contributed by atoms with Crippen LogP contribution in [0.25, 0.3) is 0 Å². The van der Waals surface area contributed by atoms with Gasteiger partial charge in [-0.05, 0) is 19.3 Å². The summed E-state index contributed by atoms with van der Waals surface area (Å²) in [5.41, 5.74) is 0. The number of carboxylic acid groups (broad SMARTS) is 1. The molecule has 0 bridgehead atoms. The molecule has 0 aliphatic rings. The average molecular weight is 275 g/mol. The zero-order valence-corrected chi connectivity index (χ0v) is 12.0. The Morgan fingerprint density at radius 2 is 1.78 bits per heavy atom. The van der Waals surface area contributed by atoms with Crippen LogP contribution in [0.15, 0.2) is 0 Å². The zero-order valence-electron chi connectivity index (χ0n) is 11.1. The molecule has 0 aliphatic heterocycles. The molecule has 2 N–H and O–H groups in total. The van der Waals surface area contributed by atoms with Gasteiger partial charge in [0.15, 0.2) is 0 Å². The Balaban J connectivity index is 5.32. The maximum absolute atomic E-state index is 11.6. The third-order valence-corrected chi connectivity index (χ3v) is 3.26. The van der Waals surface area contributed by atoms with E-state index in [0.29, 0.717) is 6.42 Å². The van der Waals surface area contributed by atoms with Gasteiger partial charge in [0.2, 0.25) is 0 Å². The van der Waals surface area contributed by atoms with E-state index >= 15 is 0 Å². The molecule has 1 amide bonds. The average Bonchev–Trinajstić information content (AvgIpc) is 2.21. The number of hydrogen-bond acceptors (Lipinski definition) is 3. The molecule has 3 unspecified atom stereocenters. The molecule has 104 valence electrons. The number of carbonyl (C=O) groups excluding carboxylic acids is 2.